The number of nitrogens with zero attached hydrogens (tertiary/aromatic N) is 1. The molecule has 0 aliphatic carbocycles. The molecule has 3 aromatic rings. The van der Waals surface area contributed by atoms with Crippen LogP contribution >= 0.6 is 0 Å². The monoisotopic (exact) mass is 448 g/mol. The molecule has 3 aromatic carbocycles. The lowest BCUT2D eigenvalue weighted by Gasteiger charge is -2.42. The smallest absolute Gasteiger partial charge is 0.227 e. The molecule has 0 saturated carbocycles. The van der Waals surface area contributed by atoms with Crippen LogP contribution in [-0.4, -0.2) is 24.9 Å². The summed E-state index contributed by atoms with van der Waals surface area (Å²) in [7, 11) is 0. The molecule has 0 spiro atoms. The van der Waals surface area contributed by atoms with Crippen molar-refractivity contribution in [2.45, 2.75) is 31.6 Å². The van der Waals surface area contributed by atoms with Crippen LogP contribution in [0.3, 0.4) is 0 Å². The summed E-state index contributed by atoms with van der Waals surface area (Å²) in [4.78, 5) is 26.5. The number of hydrogen-bond acceptors (Lipinski definition) is 2. The molecule has 6 heteroatoms. The van der Waals surface area contributed by atoms with Crippen LogP contribution in [0.4, 0.5) is 14.5 Å². The van der Waals surface area contributed by atoms with Gasteiger partial charge in [-0.15, -0.1) is 0 Å². The van der Waals surface area contributed by atoms with Gasteiger partial charge in [0.15, 0.2) is 0 Å². The van der Waals surface area contributed by atoms with Gasteiger partial charge >= 0.3 is 0 Å². The van der Waals surface area contributed by atoms with Crippen LogP contribution in [-0.2, 0) is 15.0 Å². The fraction of sp³-hybridized carbons (Fsp3) is 0.259. The van der Waals surface area contributed by atoms with Crippen LogP contribution in [0.25, 0.3) is 11.1 Å². The van der Waals surface area contributed by atoms with Gasteiger partial charge in [-0.2, -0.15) is 0 Å². The normalized spacial score (nSPS) is 18.3. The van der Waals surface area contributed by atoms with E-state index in [1.165, 1.54) is 19.1 Å². The van der Waals surface area contributed by atoms with E-state index in [0.717, 1.165) is 18.1 Å². The summed E-state index contributed by atoms with van der Waals surface area (Å²) in [6.45, 7) is 2.49. The van der Waals surface area contributed by atoms with Gasteiger partial charge in [0, 0.05) is 49.2 Å². The molecule has 0 bridgehead atoms. The van der Waals surface area contributed by atoms with Crippen molar-refractivity contribution in [1.82, 2.24) is 5.32 Å². The molecule has 1 heterocycles. The molecule has 33 heavy (non-hydrogen) atoms. The maximum Gasteiger partial charge on any atom is 0.227 e. The van der Waals surface area contributed by atoms with Gasteiger partial charge in [0.1, 0.15) is 11.6 Å². The van der Waals surface area contributed by atoms with E-state index in [9.17, 15) is 18.4 Å². The number of anilines is 1. The lowest BCUT2D eigenvalue weighted by Crippen LogP contribution is -2.47. The van der Waals surface area contributed by atoms with Crippen LogP contribution in [0, 0.1) is 11.6 Å². The summed E-state index contributed by atoms with van der Waals surface area (Å²) in [6, 6.07) is 20.6. The summed E-state index contributed by atoms with van der Waals surface area (Å²) in [5, 5.41) is 2.85. The molecule has 4 nitrogen and oxygen atoms in total. The van der Waals surface area contributed by atoms with Crippen LogP contribution in [0.1, 0.15) is 31.7 Å². The molecule has 1 aliphatic rings. The second-order valence-electron chi connectivity index (χ2n) is 8.53. The van der Waals surface area contributed by atoms with E-state index < -0.39 is 11.6 Å². The molecule has 170 valence electrons. The Balaban J connectivity index is 1.59. The van der Waals surface area contributed by atoms with Gasteiger partial charge < -0.3 is 10.2 Å². The van der Waals surface area contributed by atoms with Gasteiger partial charge in [0.05, 0.1) is 0 Å². The second kappa shape index (κ2) is 9.53. The summed E-state index contributed by atoms with van der Waals surface area (Å²) in [5.74, 6) is -1.38. The van der Waals surface area contributed by atoms with Crippen molar-refractivity contribution in [3.05, 3.63) is 90.0 Å². The molecule has 1 atom stereocenters. The third-order valence-electron chi connectivity index (χ3n) is 6.37. The molecule has 1 unspecified atom stereocenters. The summed E-state index contributed by atoms with van der Waals surface area (Å²) in [5.41, 5.74) is 2.29. The highest BCUT2D eigenvalue weighted by Gasteiger charge is 2.40. The molecule has 0 radical (unpaired) electrons. The third kappa shape index (κ3) is 4.95. The van der Waals surface area contributed by atoms with Gasteiger partial charge in [-0.1, -0.05) is 42.5 Å². The molecular formula is C27H26F2N2O2. The Morgan fingerprint density at radius 2 is 1.82 bits per heavy atom. The van der Waals surface area contributed by atoms with Crippen LogP contribution in [0.15, 0.2) is 72.8 Å². The summed E-state index contributed by atoms with van der Waals surface area (Å²) >= 11 is 0. The Hall–Kier alpha value is -3.54. The first-order chi connectivity index (χ1) is 15.9. The minimum absolute atomic E-state index is 0.0235. The van der Waals surface area contributed by atoms with Crippen molar-refractivity contribution in [3.8, 4) is 11.1 Å². The Labute approximate surface area is 192 Å². The van der Waals surface area contributed by atoms with Gasteiger partial charge in [0.2, 0.25) is 11.8 Å². The number of benzene rings is 3. The predicted molar refractivity (Wildman–Crippen MR) is 125 cm³/mol. The molecule has 2 amide bonds. The first kappa shape index (κ1) is 22.6. The first-order valence-electron chi connectivity index (χ1n) is 11.0. The lowest BCUT2D eigenvalue weighted by atomic mass is 9.70. The standard InChI is InChI=1S/C27H26F2N2O2/c1-19(32)30-14-12-27(21-7-3-2-4-8-21)13-15-31(26(33)18-27)23-9-5-6-20(16-23)24-11-10-22(28)17-25(24)29/h2-11,16-17H,12-15,18H2,1H3,(H,30,32). The van der Waals surface area contributed by atoms with E-state index >= 15 is 0 Å². The zero-order valence-electron chi connectivity index (χ0n) is 18.5. The topological polar surface area (TPSA) is 49.4 Å². The fourth-order valence-corrected chi connectivity index (χ4v) is 4.64. The maximum absolute atomic E-state index is 14.3. The first-order valence-corrected chi connectivity index (χ1v) is 11.0. The number of nitrogens with one attached hydrogen (secondary N) is 1. The average Bonchev–Trinajstić information content (AvgIpc) is 2.79. The predicted octanol–water partition coefficient (Wildman–Crippen LogP) is 5.22. The minimum atomic E-state index is -0.641. The van der Waals surface area contributed by atoms with E-state index in [1.807, 2.05) is 36.4 Å². The number of carbonyl (C=O) groups is 2. The average molecular weight is 449 g/mol. The minimum Gasteiger partial charge on any atom is -0.356 e. The van der Waals surface area contributed by atoms with Gasteiger partial charge in [-0.05, 0) is 48.2 Å². The number of piperidine rings is 1. The van der Waals surface area contributed by atoms with Gasteiger partial charge in [0.25, 0.3) is 0 Å². The van der Waals surface area contributed by atoms with Crippen molar-refractivity contribution < 1.29 is 18.4 Å². The molecule has 1 N–H and O–H groups in total. The van der Waals surface area contributed by atoms with Crippen molar-refractivity contribution >= 4 is 17.5 Å². The van der Waals surface area contributed by atoms with Crippen LogP contribution in [0.2, 0.25) is 0 Å². The molecular weight excluding hydrogens is 422 g/mol. The quantitative estimate of drug-likeness (QED) is 0.562. The fourth-order valence-electron chi connectivity index (χ4n) is 4.64. The van der Waals surface area contributed by atoms with E-state index in [1.54, 1.807) is 23.1 Å². The highest BCUT2D eigenvalue weighted by Crippen LogP contribution is 2.40. The van der Waals surface area contributed by atoms with Crippen molar-refractivity contribution in [2.75, 3.05) is 18.0 Å². The van der Waals surface area contributed by atoms with Gasteiger partial charge in [-0.3, -0.25) is 9.59 Å². The van der Waals surface area contributed by atoms with E-state index in [4.69, 9.17) is 0 Å². The third-order valence-corrected chi connectivity index (χ3v) is 6.37. The molecule has 4 rings (SSSR count). The van der Waals surface area contributed by atoms with Crippen LogP contribution in [0.5, 0.6) is 0 Å². The van der Waals surface area contributed by atoms with E-state index in [-0.39, 0.29) is 22.8 Å². The molecule has 1 saturated heterocycles. The van der Waals surface area contributed by atoms with Crippen molar-refractivity contribution in [2.24, 2.45) is 0 Å². The highest BCUT2D eigenvalue weighted by molar-refractivity contribution is 5.96. The zero-order valence-corrected chi connectivity index (χ0v) is 18.5. The van der Waals surface area contributed by atoms with Gasteiger partial charge in [-0.25, -0.2) is 8.78 Å². The number of amides is 2. The number of rotatable bonds is 6. The number of carbonyl (C=O) groups excluding carboxylic acids is 2. The van der Waals surface area contributed by atoms with E-state index in [0.29, 0.717) is 37.2 Å². The molecule has 1 fully saturated rings. The second-order valence-corrected chi connectivity index (χ2v) is 8.53. The Bertz CT molecular complexity index is 1170. The summed E-state index contributed by atoms with van der Waals surface area (Å²) in [6.07, 6.45) is 1.71. The number of halogens is 2. The van der Waals surface area contributed by atoms with Crippen LogP contribution < -0.4 is 10.2 Å². The van der Waals surface area contributed by atoms with E-state index in [2.05, 4.69) is 5.32 Å². The van der Waals surface area contributed by atoms with Crippen molar-refractivity contribution in [3.63, 3.8) is 0 Å². The zero-order chi connectivity index (χ0) is 23.4. The molecule has 0 aromatic heterocycles. The van der Waals surface area contributed by atoms with Crippen molar-refractivity contribution in [1.29, 1.82) is 0 Å². The number of hydrogen-bond donors (Lipinski definition) is 1. The maximum atomic E-state index is 14.3. The Morgan fingerprint density at radius 3 is 2.52 bits per heavy atom. The largest absolute Gasteiger partial charge is 0.356 e. The Kier molecular flexibility index (Phi) is 6.54. The Morgan fingerprint density at radius 1 is 1.03 bits per heavy atom. The molecule has 1 aliphatic heterocycles. The summed E-state index contributed by atoms with van der Waals surface area (Å²) < 4.78 is 27.6. The SMILES string of the molecule is CC(=O)NCCC1(c2ccccc2)CCN(c2cccc(-c3ccc(F)cc3F)c2)C(=O)C1. The lowest BCUT2D eigenvalue weighted by molar-refractivity contribution is -0.121. The highest BCUT2D eigenvalue weighted by atomic mass is 19.1.